The number of aromatic nitrogens is 2. The van der Waals surface area contributed by atoms with E-state index < -0.39 is 6.04 Å². The number of hydrogen-bond acceptors (Lipinski definition) is 4. The minimum Gasteiger partial charge on any atom is -0.334 e. The third-order valence-electron chi connectivity index (χ3n) is 6.64. The molecule has 1 aliphatic heterocycles. The Hall–Kier alpha value is -4.26. The summed E-state index contributed by atoms with van der Waals surface area (Å²) in [4.78, 5) is 19.6. The molecule has 1 N–H and O–H groups in total. The van der Waals surface area contributed by atoms with Crippen LogP contribution >= 0.6 is 0 Å². The molecule has 1 aromatic heterocycles. The van der Waals surface area contributed by atoms with Crippen LogP contribution in [0.5, 0.6) is 0 Å². The fourth-order valence-corrected chi connectivity index (χ4v) is 4.48. The maximum atomic E-state index is 14.2. The second-order valence-electron chi connectivity index (χ2n) is 8.92. The number of benzene rings is 3. The van der Waals surface area contributed by atoms with Gasteiger partial charge in [-0.25, -0.2) is 9.18 Å². The second-order valence-corrected chi connectivity index (χ2v) is 8.92. The Morgan fingerprint density at radius 2 is 1.81 bits per heavy atom. The van der Waals surface area contributed by atoms with Crippen LogP contribution in [0, 0.1) is 12.7 Å². The molecule has 0 radical (unpaired) electrons. The Labute approximate surface area is 209 Å². The lowest BCUT2D eigenvalue weighted by Crippen LogP contribution is -2.45. The van der Waals surface area contributed by atoms with E-state index in [9.17, 15) is 9.18 Å². The number of carbonyl (C=O) groups is 1. The van der Waals surface area contributed by atoms with Crippen molar-refractivity contribution in [1.82, 2.24) is 20.4 Å². The first-order chi connectivity index (χ1) is 17.4. The highest BCUT2D eigenvalue weighted by atomic mass is 19.1. The summed E-state index contributed by atoms with van der Waals surface area (Å²) in [5.74, 6) is 0.350. The van der Waals surface area contributed by atoms with Crippen molar-refractivity contribution in [3.8, 4) is 11.4 Å². The summed E-state index contributed by atoms with van der Waals surface area (Å²) in [6, 6.07) is 21.2. The molecule has 7 heteroatoms. The minimum atomic E-state index is -0.642. The van der Waals surface area contributed by atoms with Crippen LogP contribution in [0.25, 0.3) is 17.0 Å². The molecule has 182 valence electrons. The van der Waals surface area contributed by atoms with E-state index in [4.69, 9.17) is 4.52 Å². The number of rotatable bonds is 6. The van der Waals surface area contributed by atoms with E-state index >= 15 is 0 Å². The summed E-state index contributed by atoms with van der Waals surface area (Å²) >= 11 is 0. The van der Waals surface area contributed by atoms with Gasteiger partial charge in [0.05, 0.1) is 18.2 Å². The van der Waals surface area contributed by atoms with Crippen LogP contribution in [0.2, 0.25) is 0 Å². The summed E-state index contributed by atoms with van der Waals surface area (Å²) in [5, 5.41) is 7.24. The van der Waals surface area contributed by atoms with Crippen LogP contribution in [0.1, 0.15) is 48.0 Å². The number of urea groups is 1. The van der Waals surface area contributed by atoms with Crippen molar-refractivity contribution < 1.29 is 13.7 Å². The minimum absolute atomic E-state index is 0.274. The number of nitrogens with zero attached hydrogens (tertiary/aromatic N) is 3. The molecule has 0 saturated heterocycles. The summed E-state index contributed by atoms with van der Waals surface area (Å²) < 4.78 is 19.9. The number of nitrogens with one attached hydrogen (secondary N) is 1. The summed E-state index contributed by atoms with van der Waals surface area (Å²) in [7, 11) is 0. The molecule has 1 unspecified atom stereocenters. The van der Waals surface area contributed by atoms with Crippen molar-refractivity contribution in [3.63, 3.8) is 0 Å². The SMILES string of the molecule is CCc1ccc(-c2noc(C3=C(C)N(Cc4ccccc4C)C(=O)NC3c3cccc(F)c3)n2)cc1. The Bertz CT molecular complexity index is 1440. The first kappa shape index (κ1) is 23.5. The van der Waals surface area contributed by atoms with Crippen molar-refractivity contribution in [1.29, 1.82) is 0 Å². The zero-order chi connectivity index (χ0) is 25.2. The van der Waals surface area contributed by atoms with Gasteiger partial charge in [0.2, 0.25) is 5.82 Å². The quantitative estimate of drug-likeness (QED) is 0.343. The largest absolute Gasteiger partial charge is 0.334 e. The number of allylic oxidation sites excluding steroid dienone is 1. The molecule has 5 rings (SSSR count). The zero-order valence-electron chi connectivity index (χ0n) is 20.5. The van der Waals surface area contributed by atoms with Crippen LogP contribution in [0.4, 0.5) is 9.18 Å². The maximum Gasteiger partial charge on any atom is 0.322 e. The molecular formula is C29H27FN4O2. The number of hydrogen-bond donors (Lipinski definition) is 1. The van der Waals surface area contributed by atoms with Crippen molar-refractivity contribution in [2.45, 2.75) is 39.8 Å². The predicted octanol–water partition coefficient (Wildman–Crippen LogP) is 6.44. The highest BCUT2D eigenvalue weighted by Crippen LogP contribution is 2.38. The van der Waals surface area contributed by atoms with Gasteiger partial charge < -0.3 is 9.84 Å². The van der Waals surface area contributed by atoms with Crippen LogP contribution in [-0.2, 0) is 13.0 Å². The van der Waals surface area contributed by atoms with Crippen molar-refractivity contribution >= 4 is 11.6 Å². The molecular weight excluding hydrogens is 455 g/mol. The van der Waals surface area contributed by atoms with Gasteiger partial charge in [-0.1, -0.05) is 72.7 Å². The van der Waals surface area contributed by atoms with Crippen LogP contribution in [0.15, 0.2) is 83.0 Å². The topological polar surface area (TPSA) is 71.3 Å². The van der Waals surface area contributed by atoms with E-state index in [0.717, 1.165) is 23.1 Å². The lowest BCUT2D eigenvalue weighted by Gasteiger charge is -2.35. The Kier molecular flexibility index (Phi) is 6.38. The first-order valence-electron chi connectivity index (χ1n) is 12.0. The van der Waals surface area contributed by atoms with E-state index in [2.05, 4.69) is 22.4 Å². The van der Waals surface area contributed by atoms with Gasteiger partial charge >= 0.3 is 6.03 Å². The fraction of sp³-hybridized carbons (Fsp3) is 0.207. The number of aryl methyl sites for hydroxylation is 2. The van der Waals surface area contributed by atoms with Gasteiger partial charge in [0.25, 0.3) is 5.89 Å². The Balaban J connectivity index is 1.59. The van der Waals surface area contributed by atoms with Gasteiger partial charge in [0.1, 0.15) is 5.82 Å². The maximum absolute atomic E-state index is 14.2. The molecule has 4 aromatic rings. The van der Waals surface area contributed by atoms with Crippen molar-refractivity contribution in [2.24, 2.45) is 0 Å². The highest BCUT2D eigenvalue weighted by Gasteiger charge is 2.36. The normalized spacial score (nSPS) is 15.8. The van der Waals surface area contributed by atoms with Gasteiger partial charge in [0, 0.05) is 11.3 Å². The Morgan fingerprint density at radius 3 is 2.53 bits per heavy atom. The van der Waals surface area contributed by atoms with E-state index in [1.807, 2.05) is 62.4 Å². The molecule has 36 heavy (non-hydrogen) atoms. The average molecular weight is 483 g/mol. The molecule has 1 aliphatic rings. The van der Waals surface area contributed by atoms with Gasteiger partial charge in [0.15, 0.2) is 0 Å². The summed E-state index contributed by atoms with van der Waals surface area (Å²) in [5.41, 5.74) is 6.07. The van der Waals surface area contributed by atoms with Gasteiger partial charge in [-0.15, -0.1) is 0 Å². The third-order valence-corrected chi connectivity index (χ3v) is 6.64. The van der Waals surface area contributed by atoms with Crippen molar-refractivity contribution in [3.05, 3.63) is 112 Å². The molecule has 2 heterocycles. The number of carbonyl (C=O) groups excluding carboxylic acids is 1. The molecule has 0 spiro atoms. The van der Waals surface area contributed by atoms with Crippen LogP contribution < -0.4 is 5.32 Å². The molecule has 0 fully saturated rings. The summed E-state index contributed by atoms with van der Waals surface area (Å²) in [6.07, 6.45) is 0.940. The first-order valence-corrected chi connectivity index (χ1v) is 12.0. The van der Waals surface area contributed by atoms with Crippen LogP contribution in [0.3, 0.4) is 0 Å². The molecule has 2 amide bonds. The molecule has 0 aliphatic carbocycles. The average Bonchev–Trinajstić information content (AvgIpc) is 3.37. The molecule has 1 atom stereocenters. The smallest absolute Gasteiger partial charge is 0.322 e. The lowest BCUT2D eigenvalue weighted by atomic mass is 9.94. The zero-order valence-corrected chi connectivity index (χ0v) is 20.5. The van der Waals surface area contributed by atoms with E-state index in [0.29, 0.717) is 29.2 Å². The Morgan fingerprint density at radius 1 is 1.03 bits per heavy atom. The van der Waals surface area contributed by atoms with Gasteiger partial charge in [-0.2, -0.15) is 4.98 Å². The monoisotopic (exact) mass is 482 g/mol. The van der Waals surface area contributed by atoms with E-state index in [1.54, 1.807) is 17.0 Å². The molecule has 0 saturated carbocycles. The lowest BCUT2D eigenvalue weighted by molar-refractivity contribution is 0.203. The van der Waals surface area contributed by atoms with Crippen molar-refractivity contribution in [2.75, 3.05) is 0 Å². The predicted molar refractivity (Wildman–Crippen MR) is 136 cm³/mol. The van der Waals surface area contributed by atoms with Gasteiger partial charge in [-0.3, -0.25) is 4.90 Å². The molecule has 6 nitrogen and oxygen atoms in total. The number of halogens is 1. The standard InChI is InChI=1S/C29H27FN4O2/c1-4-20-12-14-21(15-13-20)27-32-28(36-33-27)25-19(3)34(17-23-9-6-5-8-18(23)2)29(35)31-26(25)22-10-7-11-24(30)16-22/h5-16,26H,4,17H2,1-3H3,(H,31,35). The summed E-state index contributed by atoms with van der Waals surface area (Å²) in [6.45, 7) is 6.35. The fourth-order valence-electron chi connectivity index (χ4n) is 4.48. The molecule has 0 bridgehead atoms. The highest BCUT2D eigenvalue weighted by molar-refractivity contribution is 5.87. The second kappa shape index (κ2) is 9.77. The van der Waals surface area contributed by atoms with E-state index in [1.165, 1.54) is 17.7 Å². The number of amides is 2. The van der Waals surface area contributed by atoms with Gasteiger partial charge in [-0.05, 0) is 54.7 Å². The van der Waals surface area contributed by atoms with E-state index in [-0.39, 0.29) is 17.7 Å². The van der Waals surface area contributed by atoms with Crippen LogP contribution in [-0.4, -0.2) is 21.1 Å². The third kappa shape index (κ3) is 4.52. The molecule has 3 aromatic carbocycles.